The van der Waals surface area contributed by atoms with Crippen molar-refractivity contribution in [3.63, 3.8) is 0 Å². The summed E-state index contributed by atoms with van der Waals surface area (Å²) in [5, 5.41) is 0. The van der Waals surface area contributed by atoms with E-state index in [1.807, 2.05) is 0 Å². The predicted molar refractivity (Wildman–Crippen MR) is 46.2 cm³/mol. The summed E-state index contributed by atoms with van der Waals surface area (Å²) in [4.78, 5) is 0. The first-order chi connectivity index (χ1) is 3.72. The molecule has 0 spiro atoms. The SMILES string of the molecule is C=C(Br)[SiH](CC)CC. The average molecular weight is 193 g/mol. The third kappa shape index (κ3) is 2.67. The van der Waals surface area contributed by atoms with Crippen molar-refractivity contribution in [3.8, 4) is 0 Å². The minimum absolute atomic E-state index is 0.543. The maximum absolute atomic E-state index is 3.88. The molecule has 2 heteroatoms. The summed E-state index contributed by atoms with van der Waals surface area (Å²) in [6.07, 6.45) is 0. The van der Waals surface area contributed by atoms with E-state index in [0.717, 1.165) is 0 Å². The van der Waals surface area contributed by atoms with E-state index >= 15 is 0 Å². The zero-order valence-corrected chi connectivity index (χ0v) is 8.32. The van der Waals surface area contributed by atoms with Crippen LogP contribution in [0, 0.1) is 0 Å². The quantitative estimate of drug-likeness (QED) is 0.604. The van der Waals surface area contributed by atoms with Crippen LogP contribution in [-0.2, 0) is 0 Å². The third-order valence-electron chi connectivity index (χ3n) is 1.43. The van der Waals surface area contributed by atoms with Crippen molar-refractivity contribution in [1.29, 1.82) is 0 Å². The second kappa shape index (κ2) is 4.33. The molecule has 0 amide bonds. The van der Waals surface area contributed by atoms with Gasteiger partial charge in [0.25, 0.3) is 0 Å². The van der Waals surface area contributed by atoms with Crippen molar-refractivity contribution in [1.82, 2.24) is 0 Å². The molecule has 0 fully saturated rings. The number of hydrogen-bond acceptors (Lipinski definition) is 0. The molecule has 0 saturated carbocycles. The van der Waals surface area contributed by atoms with E-state index in [4.69, 9.17) is 0 Å². The molecule has 0 N–H and O–H groups in total. The summed E-state index contributed by atoms with van der Waals surface area (Å²) >= 11 is 3.43. The Balaban J connectivity index is 3.52. The Kier molecular flexibility index (Phi) is 4.57. The molecule has 0 bridgehead atoms. The van der Waals surface area contributed by atoms with Crippen LogP contribution >= 0.6 is 15.9 Å². The molecule has 0 aromatic rings. The van der Waals surface area contributed by atoms with Crippen LogP contribution in [-0.4, -0.2) is 8.80 Å². The highest BCUT2D eigenvalue weighted by Gasteiger charge is 2.05. The Morgan fingerprint density at radius 1 is 1.50 bits per heavy atom. The Morgan fingerprint density at radius 2 is 1.88 bits per heavy atom. The molecule has 0 aliphatic rings. The fourth-order valence-electron chi connectivity index (χ4n) is 0.732. The van der Waals surface area contributed by atoms with E-state index in [-0.39, 0.29) is 0 Å². The normalized spacial score (nSPS) is 10.0. The Hall–Kier alpha value is 0.437. The van der Waals surface area contributed by atoms with Crippen LogP contribution in [0.2, 0.25) is 12.1 Å². The van der Waals surface area contributed by atoms with Crippen LogP contribution in [0.4, 0.5) is 0 Å². The minimum Gasteiger partial charge on any atom is -0.0934 e. The molecule has 0 aliphatic heterocycles. The first kappa shape index (κ1) is 8.44. The van der Waals surface area contributed by atoms with Gasteiger partial charge in [0.05, 0.1) is 8.80 Å². The summed E-state index contributed by atoms with van der Waals surface area (Å²) in [6, 6.07) is 2.67. The lowest BCUT2D eigenvalue weighted by molar-refractivity contribution is 1.33. The minimum atomic E-state index is -0.543. The molecular weight excluding hydrogens is 180 g/mol. The van der Waals surface area contributed by atoms with Crippen molar-refractivity contribution < 1.29 is 0 Å². The van der Waals surface area contributed by atoms with Crippen LogP contribution in [0.1, 0.15) is 13.8 Å². The molecule has 0 radical (unpaired) electrons. The van der Waals surface area contributed by atoms with Gasteiger partial charge in [0.1, 0.15) is 0 Å². The van der Waals surface area contributed by atoms with E-state index in [2.05, 4.69) is 36.4 Å². The van der Waals surface area contributed by atoms with E-state index in [1.165, 1.54) is 16.2 Å². The number of hydrogen-bond donors (Lipinski definition) is 0. The predicted octanol–water partition coefficient (Wildman–Crippen LogP) is 2.70. The molecule has 8 heavy (non-hydrogen) atoms. The summed E-state index contributed by atoms with van der Waals surface area (Å²) in [5.41, 5.74) is 0. The van der Waals surface area contributed by atoms with E-state index in [0.29, 0.717) is 0 Å². The Labute approximate surface area is 61.7 Å². The maximum atomic E-state index is 3.88. The van der Waals surface area contributed by atoms with Gasteiger partial charge in [-0.05, 0) is 4.11 Å². The molecule has 0 aromatic heterocycles. The van der Waals surface area contributed by atoms with Gasteiger partial charge in [-0.2, -0.15) is 0 Å². The lowest BCUT2D eigenvalue weighted by Crippen LogP contribution is -2.07. The van der Waals surface area contributed by atoms with Gasteiger partial charge in [0, 0.05) is 0 Å². The van der Waals surface area contributed by atoms with E-state index < -0.39 is 8.80 Å². The van der Waals surface area contributed by atoms with Crippen molar-refractivity contribution in [2.75, 3.05) is 0 Å². The van der Waals surface area contributed by atoms with Crippen molar-refractivity contribution >= 4 is 24.7 Å². The average Bonchev–Trinajstić information content (AvgIpc) is 1.69. The first-order valence-corrected chi connectivity index (χ1v) is 6.07. The smallest absolute Gasteiger partial charge is 0.0784 e. The molecule has 0 unspecified atom stereocenters. The van der Waals surface area contributed by atoms with Crippen molar-refractivity contribution in [2.24, 2.45) is 0 Å². The second-order valence-corrected chi connectivity index (χ2v) is 7.55. The number of halogens is 1. The lowest BCUT2D eigenvalue weighted by atomic mass is 10.9. The molecule has 48 valence electrons. The monoisotopic (exact) mass is 192 g/mol. The Morgan fingerprint density at radius 3 is 1.88 bits per heavy atom. The molecule has 0 saturated heterocycles. The maximum Gasteiger partial charge on any atom is 0.0784 e. The lowest BCUT2D eigenvalue weighted by Gasteiger charge is -2.05. The fourth-order valence-corrected chi connectivity index (χ4v) is 4.14. The molecular formula is C6H13BrSi. The summed E-state index contributed by atoms with van der Waals surface area (Å²) in [5.74, 6) is 0. The van der Waals surface area contributed by atoms with E-state index in [9.17, 15) is 0 Å². The van der Waals surface area contributed by atoms with Crippen LogP contribution in [0.3, 0.4) is 0 Å². The van der Waals surface area contributed by atoms with Crippen LogP contribution < -0.4 is 0 Å². The third-order valence-corrected chi connectivity index (χ3v) is 6.23. The highest BCUT2D eigenvalue weighted by Crippen LogP contribution is 2.13. The van der Waals surface area contributed by atoms with Crippen molar-refractivity contribution in [2.45, 2.75) is 25.9 Å². The largest absolute Gasteiger partial charge is 0.0934 e. The highest BCUT2D eigenvalue weighted by molar-refractivity contribution is 9.12. The summed E-state index contributed by atoms with van der Waals surface area (Å²) in [7, 11) is -0.543. The van der Waals surface area contributed by atoms with Gasteiger partial charge in [-0.3, -0.25) is 0 Å². The van der Waals surface area contributed by atoms with Crippen LogP contribution in [0.25, 0.3) is 0 Å². The standard InChI is InChI=1S/C6H13BrSi/c1-4-8(5-2)6(3)7/h8H,3-5H2,1-2H3. The molecule has 0 nitrogen and oxygen atoms in total. The van der Waals surface area contributed by atoms with Gasteiger partial charge >= 0.3 is 0 Å². The summed E-state index contributed by atoms with van der Waals surface area (Å²) in [6.45, 7) is 8.36. The molecule has 0 atom stereocenters. The zero-order valence-electron chi connectivity index (χ0n) is 5.58. The van der Waals surface area contributed by atoms with Crippen LogP contribution in [0.15, 0.2) is 10.7 Å². The molecule has 0 heterocycles. The highest BCUT2D eigenvalue weighted by atomic mass is 79.9. The fraction of sp³-hybridized carbons (Fsp3) is 0.667. The molecule has 0 aliphatic carbocycles. The van der Waals surface area contributed by atoms with E-state index in [1.54, 1.807) is 0 Å². The topological polar surface area (TPSA) is 0 Å². The van der Waals surface area contributed by atoms with Gasteiger partial charge in [0.2, 0.25) is 0 Å². The molecule has 0 rings (SSSR count). The second-order valence-electron chi connectivity index (χ2n) is 1.96. The van der Waals surface area contributed by atoms with Crippen molar-refractivity contribution in [3.05, 3.63) is 10.7 Å². The van der Waals surface area contributed by atoms with Gasteiger partial charge in [-0.25, -0.2) is 0 Å². The van der Waals surface area contributed by atoms with Crippen LogP contribution in [0.5, 0.6) is 0 Å². The van der Waals surface area contributed by atoms with Gasteiger partial charge < -0.3 is 0 Å². The summed E-state index contributed by atoms with van der Waals surface area (Å²) < 4.78 is 1.28. The Bertz CT molecular complexity index is 76.6. The first-order valence-electron chi connectivity index (χ1n) is 3.06. The molecule has 0 aromatic carbocycles. The van der Waals surface area contributed by atoms with Gasteiger partial charge in [0.15, 0.2) is 0 Å². The zero-order chi connectivity index (χ0) is 6.57. The van der Waals surface area contributed by atoms with Gasteiger partial charge in [-0.15, -0.1) is 0 Å². The number of rotatable bonds is 3. The van der Waals surface area contributed by atoms with Gasteiger partial charge in [-0.1, -0.05) is 48.4 Å².